The zero-order valence-corrected chi connectivity index (χ0v) is 26.5. The molecule has 7 rings (SSSR count). The van der Waals surface area contributed by atoms with Crippen LogP contribution >= 0.6 is 55.0 Å². The molecule has 2 aliphatic carbocycles. The van der Waals surface area contributed by atoms with E-state index in [1.54, 1.807) is 30.8 Å². The molecule has 2 aliphatic heterocycles. The number of imide groups is 1. The summed E-state index contributed by atoms with van der Waals surface area (Å²) in [4.78, 5) is 57.7. The van der Waals surface area contributed by atoms with Gasteiger partial charge in [-0.3, -0.25) is 19.3 Å². The first-order chi connectivity index (χ1) is 19.8. The van der Waals surface area contributed by atoms with Gasteiger partial charge in [-0.1, -0.05) is 43.2 Å². The van der Waals surface area contributed by atoms with Crippen LogP contribution in [-0.2, 0) is 19.1 Å². The largest absolute Gasteiger partial charge is 0.482 e. The third kappa shape index (κ3) is 4.35. The number of ether oxygens (including phenoxy) is 2. The second-order valence-electron chi connectivity index (χ2n) is 10.7. The molecule has 2 amide bonds. The monoisotopic (exact) mass is 718 g/mol. The molecule has 1 aromatic heterocycles. The average molecular weight is 720 g/mol. The number of hydrogen-bond acceptors (Lipinski definition) is 8. The Morgan fingerprint density at radius 1 is 1.02 bits per heavy atom. The highest BCUT2D eigenvalue weighted by Gasteiger charge is 2.69. The number of thioether (sulfide) groups is 1. The van der Waals surface area contributed by atoms with Gasteiger partial charge in [0, 0.05) is 30.6 Å². The lowest BCUT2D eigenvalue weighted by molar-refractivity contribution is -0.145. The smallest absolute Gasteiger partial charge is 0.344 e. The summed E-state index contributed by atoms with van der Waals surface area (Å²) >= 11 is 9.85. The molecule has 7 atom stereocenters. The van der Waals surface area contributed by atoms with Crippen LogP contribution in [0.1, 0.15) is 29.7 Å². The lowest BCUT2D eigenvalue weighted by Crippen LogP contribution is -2.42. The maximum atomic E-state index is 13.9. The van der Waals surface area contributed by atoms with Crippen LogP contribution in [0.25, 0.3) is 0 Å². The molecule has 2 saturated carbocycles. The number of carbonyl (C=O) groups is 3. The molecule has 3 fully saturated rings. The fourth-order valence-electron chi connectivity index (χ4n) is 7.44. The van der Waals surface area contributed by atoms with Gasteiger partial charge in [0.15, 0.2) is 6.61 Å². The molecule has 0 spiro atoms. The molecule has 3 aromatic rings. The number of nitrogens with one attached hydrogen (secondary N) is 1. The van der Waals surface area contributed by atoms with E-state index in [4.69, 9.17) is 9.47 Å². The summed E-state index contributed by atoms with van der Waals surface area (Å²) in [5.74, 6) is -1.24. The first-order valence-corrected chi connectivity index (χ1v) is 16.7. The van der Waals surface area contributed by atoms with Gasteiger partial charge in [0.1, 0.15) is 5.75 Å². The Labute approximate surface area is 260 Å². The molecule has 4 unspecified atom stereocenters. The summed E-state index contributed by atoms with van der Waals surface area (Å²) in [6, 6.07) is 12.9. The van der Waals surface area contributed by atoms with Gasteiger partial charge in [-0.25, -0.2) is 4.79 Å². The van der Waals surface area contributed by atoms with Crippen LogP contribution < -0.4 is 14.5 Å². The number of nitrogens with zero attached hydrogens (tertiary/aromatic N) is 1. The first kappa shape index (κ1) is 27.4. The fraction of sp³-hybridized carbons (Fsp3) is 0.379. The molecule has 2 bridgehead atoms. The molecular formula is C29H24Br2N2O6S2. The number of benzene rings is 2. The van der Waals surface area contributed by atoms with E-state index in [-0.39, 0.29) is 64.7 Å². The van der Waals surface area contributed by atoms with Crippen molar-refractivity contribution in [1.82, 2.24) is 4.98 Å². The maximum Gasteiger partial charge on any atom is 0.344 e. The van der Waals surface area contributed by atoms with Crippen molar-refractivity contribution in [2.45, 2.75) is 29.5 Å². The van der Waals surface area contributed by atoms with Gasteiger partial charge in [-0.05, 0) is 73.6 Å². The van der Waals surface area contributed by atoms with E-state index in [0.717, 1.165) is 30.8 Å². The van der Waals surface area contributed by atoms with E-state index in [9.17, 15) is 19.2 Å². The SMILES string of the molecule is CCOC(=O)COc1ccc(Br)cc1[C@H]1c2sc(=O)[nH]c2SC2C1[C@H]1C[C@@H]2C2C(=O)N(c3ccc(Br)cc3)C(=O)C21. The minimum Gasteiger partial charge on any atom is -0.482 e. The number of anilines is 1. The summed E-state index contributed by atoms with van der Waals surface area (Å²) in [7, 11) is 0. The number of carbonyl (C=O) groups excluding carboxylic acids is 3. The minimum atomic E-state index is -0.462. The van der Waals surface area contributed by atoms with Gasteiger partial charge < -0.3 is 14.5 Å². The molecule has 1 N–H and O–H groups in total. The van der Waals surface area contributed by atoms with Crippen molar-refractivity contribution in [2.24, 2.45) is 29.6 Å². The summed E-state index contributed by atoms with van der Waals surface area (Å²) < 4.78 is 12.8. The number of aromatic amines is 1. The number of fused-ring (bicyclic) bond motifs is 9. The van der Waals surface area contributed by atoms with Gasteiger partial charge in [0.25, 0.3) is 0 Å². The van der Waals surface area contributed by atoms with Crippen LogP contribution in [0.2, 0.25) is 0 Å². The Morgan fingerprint density at radius 3 is 2.46 bits per heavy atom. The van der Waals surface area contributed by atoms with Gasteiger partial charge in [-0.15, -0.1) is 11.8 Å². The van der Waals surface area contributed by atoms with Crippen LogP contribution in [0.15, 0.2) is 61.2 Å². The molecule has 1 saturated heterocycles. The number of amides is 2. The topological polar surface area (TPSA) is 106 Å². The van der Waals surface area contributed by atoms with E-state index < -0.39 is 11.9 Å². The van der Waals surface area contributed by atoms with Crippen molar-refractivity contribution in [1.29, 1.82) is 0 Å². The molecule has 0 radical (unpaired) electrons. The van der Waals surface area contributed by atoms with Gasteiger partial charge >= 0.3 is 10.8 Å². The molecule has 8 nitrogen and oxygen atoms in total. The highest BCUT2D eigenvalue weighted by atomic mass is 79.9. The number of H-pyrrole nitrogens is 1. The predicted molar refractivity (Wildman–Crippen MR) is 161 cm³/mol. The lowest BCUT2D eigenvalue weighted by atomic mass is 9.68. The van der Waals surface area contributed by atoms with E-state index in [0.29, 0.717) is 11.4 Å². The number of rotatable bonds is 6. The molecule has 4 aliphatic rings. The minimum absolute atomic E-state index is 0.00561. The van der Waals surface area contributed by atoms with Crippen LogP contribution in [0.4, 0.5) is 5.69 Å². The average Bonchev–Trinajstić information content (AvgIpc) is 3.67. The highest BCUT2D eigenvalue weighted by molar-refractivity contribution is 9.10. The molecule has 212 valence electrons. The maximum absolute atomic E-state index is 13.9. The van der Waals surface area contributed by atoms with Crippen molar-refractivity contribution in [3.63, 3.8) is 0 Å². The van der Waals surface area contributed by atoms with Gasteiger partial charge in [0.05, 0.1) is 29.2 Å². The fourth-order valence-corrected chi connectivity index (χ4v) is 11.0. The zero-order valence-electron chi connectivity index (χ0n) is 21.7. The molecular weight excluding hydrogens is 696 g/mol. The Balaban J connectivity index is 1.30. The normalized spacial score (nSPS) is 29.3. The molecule has 3 heterocycles. The van der Waals surface area contributed by atoms with Crippen LogP contribution in [0.5, 0.6) is 5.75 Å². The predicted octanol–water partition coefficient (Wildman–Crippen LogP) is 5.58. The number of aromatic nitrogens is 1. The van der Waals surface area contributed by atoms with Crippen LogP contribution in [0.3, 0.4) is 0 Å². The number of esters is 1. The van der Waals surface area contributed by atoms with Gasteiger partial charge in [-0.2, -0.15) is 0 Å². The summed E-state index contributed by atoms with van der Waals surface area (Å²) in [6.45, 7) is 1.77. The second-order valence-corrected chi connectivity index (χ2v) is 14.8. The van der Waals surface area contributed by atoms with Crippen LogP contribution in [0, 0.1) is 29.6 Å². The molecule has 12 heteroatoms. The van der Waals surface area contributed by atoms with E-state index >= 15 is 0 Å². The Hall–Kier alpha value is -2.41. The van der Waals surface area contributed by atoms with Crippen LogP contribution in [-0.4, -0.2) is 41.2 Å². The highest BCUT2D eigenvalue weighted by Crippen LogP contribution is 2.69. The van der Waals surface area contributed by atoms with Crippen molar-refractivity contribution < 1.29 is 23.9 Å². The van der Waals surface area contributed by atoms with Crippen molar-refractivity contribution in [2.75, 3.05) is 18.1 Å². The third-order valence-corrected chi connectivity index (χ3v) is 12.4. The summed E-state index contributed by atoms with van der Waals surface area (Å²) in [5, 5.41) is 0.857. The number of hydrogen-bond donors (Lipinski definition) is 1. The summed E-state index contributed by atoms with van der Waals surface area (Å²) in [5.41, 5.74) is 1.44. The zero-order chi connectivity index (χ0) is 28.6. The lowest BCUT2D eigenvalue weighted by Gasteiger charge is -2.43. The Kier molecular flexibility index (Phi) is 6.95. The Morgan fingerprint density at radius 2 is 1.73 bits per heavy atom. The van der Waals surface area contributed by atoms with Crippen molar-refractivity contribution in [3.05, 3.63) is 71.5 Å². The molecule has 41 heavy (non-hydrogen) atoms. The number of thiazole rings is 1. The quantitative estimate of drug-likeness (QED) is 0.262. The third-order valence-electron chi connectivity index (χ3n) is 8.77. The number of halogens is 2. The standard InChI is InChI=1S/C29H24Br2N2O6S2/c1-2-38-19(34)11-39-18-8-5-13(31)9-15(18)20-21-16-10-17(24(21)40-26-25(20)41-29(37)32-26)23-22(16)27(35)33(28(23)36)14-6-3-12(30)4-7-14/h3-9,16-17,20-24H,2,10-11H2,1H3,(H,32,37)/t16-,17-,20-,21?,22?,23?,24?/m1/s1. The van der Waals surface area contributed by atoms with Crippen molar-refractivity contribution >= 4 is 78.4 Å². The van der Waals surface area contributed by atoms with E-state index in [1.165, 1.54) is 16.2 Å². The second kappa shape index (κ2) is 10.4. The van der Waals surface area contributed by atoms with Gasteiger partial charge in [0.2, 0.25) is 11.8 Å². The summed E-state index contributed by atoms with van der Waals surface area (Å²) in [6.07, 6.45) is 0.784. The molecule has 2 aromatic carbocycles. The Bertz CT molecular complexity index is 1640. The van der Waals surface area contributed by atoms with E-state index in [2.05, 4.69) is 36.8 Å². The first-order valence-electron chi connectivity index (χ1n) is 13.4. The van der Waals surface area contributed by atoms with E-state index in [1.807, 2.05) is 30.3 Å². The van der Waals surface area contributed by atoms with Crippen molar-refractivity contribution in [3.8, 4) is 5.75 Å².